The zero-order valence-electron chi connectivity index (χ0n) is 14.2. The summed E-state index contributed by atoms with van der Waals surface area (Å²) in [5.41, 5.74) is 0.912. The third kappa shape index (κ3) is 3.78. The number of hydrogen-bond donors (Lipinski definition) is 1. The Bertz CT molecular complexity index is 1020. The molecule has 7 heteroatoms. The molecule has 1 amide bonds. The standard InChI is InChI=1S/C20H16FNO4S/c21-13-5-6-17-12(9-13)10-18(27-17)20(24)26-11-19(23)22-15-7-8-25-16-4-2-1-3-14(15)16/h1-6,9-10,15H,7-8,11H2,(H,22,23). The molecule has 1 N–H and O–H groups in total. The Morgan fingerprint density at radius 1 is 1.22 bits per heavy atom. The van der Waals surface area contributed by atoms with Gasteiger partial charge in [0, 0.05) is 16.7 Å². The molecule has 1 aliphatic heterocycles. The van der Waals surface area contributed by atoms with Crippen LogP contribution in [0, 0.1) is 5.82 Å². The highest BCUT2D eigenvalue weighted by molar-refractivity contribution is 7.20. The monoisotopic (exact) mass is 385 g/mol. The predicted molar refractivity (Wildman–Crippen MR) is 99.5 cm³/mol. The van der Waals surface area contributed by atoms with E-state index in [2.05, 4.69) is 5.32 Å². The Morgan fingerprint density at radius 2 is 2.07 bits per heavy atom. The van der Waals surface area contributed by atoms with Gasteiger partial charge in [0.25, 0.3) is 5.91 Å². The third-order valence-electron chi connectivity index (χ3n) is 4.31. The van der Waals surface area contributed by atoms with Gasteiger partial charge in [-0.15, -0.1) is 11.3 Å². The maximum Gasteiger partial charge on any atom is 0.348 e. The summed E-state index contributed by atoms with van der Waals surface area (Å²) >= 11 is 1.20. The molecular formula is C20H16FNO4S. The minimum absolute atomic E-state index is 0.173. The number of halogens is 1. The molecule has 0 aliphatic carbocycles. The molecule has 2 heterocycles. The third-order valence-corrected chi connectivity index (χ3v) is 5.40. The maximum absolute atomic E-state index is 13.3. The lowest BCUT2D eigenvalue weighted by molar-refractivity contribution is -0.125. The summed E-state index contributed by atoms with van der Waals surface area (Å²) in [6.45, 7) is 0.140. The van der Waals surface area contributed by atoms with E-state index in [1.54, 1.807) is 12.1 Å². The van der Waals surface area contributed by atoms with E-state index in [0.29, 0.717) is 23.3 Å². The minimum atomic E-state index is -0.598. The summed E-state index contributed by atoms with van der Waals surface area (Å²) in [4.78, 5) is 24.7. The molecule has 2 aromatic carbocycles. The first-order valence-electron chi connectivity index (χ1n) is 8.47. The summed E-state index contributed by atoms with van der Waals surface area (Å²) < 4.78 is 24.7. The average molecular weight is 385 g/mol. The van der Waals surface area contributed by atoms with Crippen LogP contribution in [-0.4, -0.2) is 25.1 Å². The van der Waals surface area contributed by atoms with E-state index < -0.39 is 5.97 Å². The van der Waals surface area contributed by atoms with Crippen molar-refractivity contribution in [2.45, 2.75) is 12.5 Å². The second-order valence-corrected chi connectivity index (χ2v) is 7.25. The van der Waals surface area contributed by atoms with Gasteiger partial charge in [0.2, 0.25) is 0 Å². The highest BCUT2D eigenvalue weighted by Gasteiger charge is 2.23. The number of benzene rings is 2. The molecule has 1 unspecified atom stereocenters. The smallest absolute Gasteiger partial charge is 0.348 e. The van der Waals surface area contributed by atoms with Gasteiger partial charge in [-0.05, 0) is 35.7 Å². The van der Waals surface area contributed by atoms with E-state index >= 15 is 0 Å². The van der Waals surface area contributed by atoms with Crippen molar-refractivity contribution in [1.82, 2.24) is 5.32 Å². The molecule has 4 rings (SSSR count). The average Bonchev–Trinajstić information content (AvgIpc) is 3.09. The van der Waals surface area contributed by atoms with Crippen molar-refractivity contribution in [2.24, 2.45) is 0 Å². The topological polar surface area (TPSA) is 64.6 Å². The zero-order chi connectivity index (χ0) is 18.8. The van der Waals surface area contributed by atoms with Crippen LogP contribution in [0.5, 0.6) is 5.75 Å². The molecule has 0 radical (unpaired) electrons. The van der Waals surface area contributed by atoms with Crippen LogP contribution >= 0.6 is 11.3 Å². The Kier molecular flexibility index (Phi) is 4.77. The summed E-state index contributed by atoms with van der Waals surface area (Å²) in [6.07, 6.45) is 0.651. The van der Waals surface area contributed by atoms with Crippen molar-refractivity contribution >= 4 is 33.3 Å². The number of nitrogens with one attached hydrogen (secondary N) is 1. The Hall–Kier alpha value is -2.93. The van der Waals surface area contributed by atoms with Gasteiger partial charge in [0.05, 0.1) is 12.6 Å². The van der Waals surface area contributed by atoms with Crippen LogP contribution in [0.1, 0.15) is 27.7 Å². The van der Waals surface area contributed by atoms with Crippen LogP contribution in [0.15, 0.2) is 48.5 Å². The number of thiophene rings is 1. The number of hydrogen-bond acceptors (Lipinski definition) is 5. The highest BCUT2D eigenvalue weighted by atomic mass is 32.1. The minimum Gasteiger partial charge on any atom is -0.493 e. The number of para-hydroxylation sites is 1. The maximum atomic E-state index is 13.3. The molecule has 0 fully saturated rings. The van der Waals surface area contributed by atoms with Crippen molar-refractivity contribution in [3.05, 3.63) is 64.8 Å². The van der Waals surface area contributed by atoms with Gasteiger partial charge in [0.1, 0.15) is 16.4 Å². The number of esters is 1. The SMILES string of the molecule is O=C(COC(=O)c1cc2cc(F)ccc2s1)NC1CCOc2ccccc21. The molecule has 0 saturated heterocycles. The number of carbonyl (C=O) groups excluding carboxylic acids is 2. The van der Waals surface area contributed by atoms with E-state index in [9.17, 15) is 14.0 Å². The first kappa shape index (κ1) is 17.5. The number of carbonyl (C=O) groups is 2. The second kappa shape index (κ2) is 7.36. The van der Waals surface area contributed by atoms with Crippen molar-refractivity contribution in [3.8, 4) is 5.75 Å². The first-order chi connectivity index (χ1) is 13.1. The van der Waals surface area contributed by atoms with Crippen LogP contribution < -0.4 is 10.1 Å². The molecule has 5 nitrogen and oxygen atoms in total. The van der Waals surface area contributed by atoms with Crippen LogP contribution in [0.4, 0.5) is 4.39 Å². The lowest BCUT2D eigenvalue weighted by Gasteiger charge is -2.26. The molecule has 1 aliphatic rings. The molecule has 138 valence electrons. The van der Waals surface area contributed by atoms with E-state index in [1.807, 2.05) is 24.3 Å². The van der Waals surface area contributed by atoms with Gasteiger partial charge in [-0.2, -0.15) is 0 Å². The summed E-state index contributed by atoms with van der Waals surface area (Å²) in [5, 5.41) is 3.51. The van der Waals surface area contributed by atoms with Crippen LogP contribution in [0.25, 0.3) is 10.1 Å². The fourth-order valence-corrected chi connectivity index (χ4v) is 3.98. The molecule has 1 atom stereocenters. The molecule has 1 aromatic heterocycles. The van der Waals surface area contributed by atoms with E-state index in [1.165, 1.54) is 23.5 Å². The summed E-state index contributed by atoms with van der Waals surface area (Å²) in [6, 6.07) is 13.2. The summed E-state index contributed by atoms with van der Waals surface area (Å²) in [7, 11) is 0. The van der Waals surface area contributed by atoms with Gasteiger partial charge in [-0.1, -0.05) is 18.2 Å². The van der Waals surface area contributed by atoms with Crippen molar-refractivity contribution in [3.63, 3.8) is 0 Å². The predicted octanol–water partition coefficient (Wildman–Crippen LogP) is 3.84. The lowest BCUT2D eigenvalue weighted by Crippen LogP contribution is -2.35. The molecule has 0 saturated carbocycles. The number of amides is 1. The second-order valence-electron chi connectivity index (χ2n) is 6.16. The Balaban J connectivity index is 1.37. The highest BCUT2D eigenvalue weighted by Crippen LogP contribution is 2.31. The molecule has 0 bridgehead atoms. The van der Waals surface area contributed by atoms with Gasteiger partial charge in [-0.25, -0.2) is 9.18 Å². The number of ether oxygens (including phenoxy) is 2. The van der Waals surface area contributed by atoms with Crippen LogP contribution in [0.2, 0.25) is 0 Å². The zero-order valence-corrected chi connectivity index (χ0v) is 15.1. The fraction of sp³-hybridized carbons (Fsp3) is 0.200. The summed E-state index contributed by atoms with van der Waals surface area (Å²) in [5.74, 6) is -0.587. The van der Waals surface area contributed by atoms with Crippen molar-refractivity contribution in [1.29, 1.82) is 0 Å². The van der Waals surface area contributed by atoms with Gasteiger partial charge < -0.3 is 14.8 Å². The van der Waals surface area contributed by atoms with Gasteiger partial charge in [-0.3, -0.25) is 4.79 Å². The van der Waals surface area contributed by atoms with E-state index in [0.717, 1.165) is 16.0 Å². The Labute approximate surface area is 158 Å². The molecule has 3 aromatic rings. The van der Waals surface area contributed by atoms with Crippen LogP contribution in [0.3, 0.4) is 0 Å². The Morgan fingerprint density at radius 3 is 2.96 bits per heavy atom. The quantitative estimate of drug-likeness (QED) is 0.693. The molecule has 27 heavy (non-hydrogen) atoms. The molecule has 0 spiro atoms. The van der Waals surface area contributed by atoms with E-state index in [4.69, 9.17) is 9.47 Å². The largest absolute Gasteiger partial charge is 0.493 e. The first-order valence-corrected chi connectivity index (χ1v) is 9.29. The lowest BCUT2D eigenvalue weighted by atomic mass is 10.0. The normalized spacial score (nSPS) is 15.7. The fourth-order valence-electron chi connectivity index (χ4n) is 3.05. The number of rotatable bonds is 4. The number of fused-ring (bicyclic) bond motifs is 2. The van der Waals surface area contributed by atoms with Gasteiger partial charge >= 0.3 is 5.97 Å². The van der Waals surface area contributed by atoms with E-state index in [-0.39, 0.29) is 24.4 Å². The van der Waals surface area contributed by atoms with Crippen molar-refractivity contribution in [2.75, 3.05) is 13.2 Å². The van der Waals surface area contributed by atoms with Crippen LogP contribution in [-0.2, 0) is 9.53 Å². The molecular weight excluding hydrogens is 369 g/mol. The van der Waals surface area contributed by atoms with Crippen molar-refractivity contribution < 1.29 is 23.5 Å². The van der Waals surface area contributed by atoms with Gasteiger partial charge in [0.15, 0.2) is 6.61 Å².